The zero-order valence-electron chi connectivity index (χ0n) is 9.52. The Bertz CT molecular complexity index is 322. The van der Waals surface area contributed by atoms with Gasteiger partial charge in [0, 0.05) is 38.4 Å². The van der Waals surface area contributed by atoms with Crippen molar-refractivity contribution in [1.82, 2.24) is 4.90 Å². The molecule has 2 saturated heterocycles. The van der Waals surface area contributed by atoms with Crippen molar-refractivity contribution >= 4 is 9.84 Å². The summed E-state index contributed by atoms with van der Waals surface area (Å²) in [6.45, 7) is 3.50. The van der Waals surface area contributed by atoms with Crippen molar-refractivity contribution in [2.24, 2.45) is 5.73 Å². The van der Waals surface area contributed by atoms with Crippen molar-refractivity contribution in [2.75, 3.05) is 44.4 Å². The van der Waals surface area contributed by atoms with Crippen LogP contribution in [0.15, 0.2) is 0 Å². The van der Waals surface area contributed by atoms with Crippen molar-refractivity contribution in [1.29, 1.82) is 0 Å². The van der Waals surface area contributed by atoms with Gasteiger partial charge in [-0.05, 0) is 12.8 Å². The van der Waals surface area contributed by atoms with Gasteiger partial charge in [0.2, 0.25) is 0 Å². The number of rotatable bonds is 2. The van der Waals surface area contributed by atoms with Gasteiger partial charge >= 0.3 is 0 Å². The quantitative estimate of drug-likeness (QED) is 0.694. The van der Waals surface area contributed by atoms with Crippen molar-refractivity contribution in [3.05, 3.63) is 0 Å². The topological polar surface area (TPSA) is 72.6 Å². The molecule has 94 valence electrons. The van der Waals surface area contributed by atoms with Gasteiger partial charge in [0.05, 0.1) is 11.5 Å². The Hall–Kier alpha value is -0.170. The van der Waals surface area contributed by atoms with Crippen LogP contribution in [0.2, 0.25) is 0 Å². The molecule has 0 aromatic rings. The molecule has 0 bridgehead atoms. The van der Waals surface area contributed by atoms with Crippen molar-refractivity contribution < 1.29 is 13.2 Å². The van der Waals surface area contributed by atoms with E-state index in [0.717, 1.165) is 32.6 Å². The third kappa shape index (κ3) is 3.16. The second-order valence-corrected chi connectivity index (χ2v) is 7.21. The number of nitrogens with zero attached hydrogens (tertiary/aromatic N) is 1. The van der Waals surface area contributed by atoms with Crippen LogP contribution in [-0.2, 0) is 14.6 Å². The van der Waals surface area contributed by atoms with E-state index in [1.165, 1.54) is 0 Å². The summed E-state index contributed by atoms with van der Waals surface area (Å²) in [5, 5.41) is 0. The molecule has 0 radical (unpaired) electrons. The maximum absolute atomic E-state index is 11.3. The number of ether oxygens (including phenoxy) is 1. The van der Waals surface area contributed by atoms with E-state index in [4.69, 9.17) is 10.5 Å². The Morgan fingerprint density at radius 3 is 2.31 bits per heavy atom. The first-order valence-electron chi connectivity index (χ1n) is 5.79. The minimum atomic E-state index is -2.78. The molecule has 16 heavy (non-hydrogen) atoms. The number of hydrogen-bond donors (Lipinski definition) is 1. The molecule has 0 saturated carbocycles. The van der Waals surface area contributed by atoms with Gasteiger partial charge < -0.3 is 10.5 Å². The lowest BCUT2D eigenvalue weighted by Crippen LogP contribution is -2.56. The molecule has 0 spiro atoms. The third-order valence-electron chi connectivity index (χ3n) is 3.46. The number of hydrogen-bond acceptors (Lipinski definition) is 5. The first kappa shape index (κ1) is 12.3. The zero-order chi connectivity index (χ0) is 11.6. The molecule has 0 unspecified atom stereocenters. The predicted octanol–water partition coefficient (Wildman–Crippen LogP) is -0.775. The summed E-state index contributed by atoms with van der Waals surface area (Å²) in [4.78, 5) is 2.17. The minimum Gasteiger partial charge on any atom is -0.381 e. The van der Waals surface area contributed by atoms with Gasteiger partial charge in [-0.1, -0.05) is 0 Å². The second kappa shape index (κ2) is 4.60. The van der Waals surface area contributed by atoms with E-state index in [1.807, 2.05) is 0 Å². The number of sulfone groups is 1. The fraction of sp³-hybridized carbons (Fsp3) is 1.00. The molecule has 2 aliphatic heterocycles. The molecule has 2 rings (SSSR count). The summed E-state index contributed by atoms with van der Waals surface area (Å²) < 4.78 is 27.9. The van der Waals surface area contributed by atoms with Gasteiger partial charge in [0.25, 0.3) is 0 Å². The summed E-state index contributed by atoms with van der Waals surface area (Å²) in [5.74, 6) is 0.555. The van der Waals surface area contributed by atoms with E-state index in [-0.39, 0.29) is 17.0 Å². The fourth-order valence-corrected chi connectivity index (χ4v) is 3.57. The van der Waals surface area contributed by atoms with E-state index in [9.17, 15) is 8.42 Å². The molecule has 0 amide bonds. The van der Waals surface area contributed by atoms with Crippen LogP contribution < -0.4 is 5.73 Å². The van der Waals surface area contributed by atoms with Gasteiger partial charge in [-0.2, -0.15) is 0 Å². The van der Waals surface area contributed by atoms with E-state index in [1.54, 1.807) is 0 Å². The Balaban J connectivity index is 1.86. The zero-order valence-corrected chi connectivity index (χ0v) is 10.3. The van der Waals surface area contributed by atoms with E-state index < -0.39 is 9.84 Å². The van der Waals surface area contributed by atoms with E-state index in [0.29, 0.717) is 13.1 Å². The molecule has 2 fully saturated rings. The molecule has 5 nitrogen and oxygen atoms in total. The molecule has 2 heterocycles. The van der Waals surface area contributed by atoms with Crippen LogP contribution >= 0.6 is 0 Å². The normalized spacial score (nSPS) is 30.1. The Labute approximate surface area is 96.9 Å². The van der Waals surface area contributed by atoms with E-state index in [2.05, 4.69) is 4.90 Å². The van der Waals surface area contributed by atoms with Crippen LogP contribution in [0.25, 0.3) is 0 Å². The molecular formula is C10H20N2O3S. The van der Waals surface area contributed by atoms with Crippen LogP contribution in [0.1, 0.15) is 12.8 Å². The molecule has 2 N–H and O–H groups in total. The van der Waals surface area contributed by atoms with Crippen LogP contribution in [0, 0.1) is 0 Å². The molecule has 0 atom stereocenters. The highest BCUT2D eigenvalue weighted by atomic mass is 32.2. The van der Waals surface area contributed by atoms with Crippen LogP contribution in [0.4, 0.5) is 0 Å². The second-order valence-electron chi connectivity index (χ2n) is 4.90. The van der Waals surface area contributed by atoms with Crippen molar-refractivity contribution in [2.45, 2.75) is 18.4 Å². The average Bonchev–Trinajstić information content (AvgIpc) is 2.22. The summed E-state index contributed by atoms with van der Waals surface area (Å²) in [5.41, 5.74) is 6.11. The molecule has 6 heteroatoms. The minimum absolute atomic E-state index is 0.181. The first-order chi connectivity index (χ1) is 7.49. The number of nitrogens with two attached hydrogens (primary N) is 1. The lowest BCUT2D eigenvalue weighted by Gasteiger charge is -2.39. The molecule has 0 aliphatic carbocycles. The highest BCUT2D eigenvalue weighted by molar-refractivity contribution is 7.91. The monoisotopic (exact) mass is 248 g/mol. The maximum Gasteiger partial charge on any atom is 0.152 e. The Morgan fingerprint density at radius 2 is 1.75 bits per heavy atom. The summed E-state index contributed by atoms with van der Waals surface area (Å²) in [7, 11) is -2.78. The van der Waals surface area contributed by atoms with Gasteiger partial charge in [-0.25, -0.2) is 8.42 Å². The largest absolute Gasteiger partial charge is 0.381 e. The van der Waals surface area contributed by atoms with Crippen LogP contribution in [0.5, 0.6) is 0 Å². The van der Waals surface area contributed by atoms with E-state index >= 15 is 0 Å². The average molecular weight is 248 g/mol. The lowest BCUT2D eigenvalue weighted by molar-refractivity contribution is 0.0388. The van der Waals surface area contributed by atoms with Gasteiger partial charge in [0.1, 0.15) is 0 Å². The van der Waals surface area contributed by atoms with Crippen LogP contribution in [-0.4, -0.2) is 63.2 Å². The summed E-state index contributed by atoms with van der Waals surface area (Å²) >= 11 is 0. The Kier molecular flexibility index (Phi) is 3.53. The molecule has 0 aromatic heterocycles. The lowest BCUT2D eigenvalue weighted by atomic mass is 9.91. The third-order valence-corrected chi connectivity index (χ3v) is 5.07. The molecule has 2 aliphatic rings. The first-order valence-corrected chi connectivity index (χ1v) is 7.61. The highest BCUT2D eigenvalue weighted by Crippen LogP contribution is 2.20. The van der Waals surface area contributed by atoms with Gasteiger partial charge in [-0.15, -0.1) is 0 Å². The van der Waals surface area contributed by atoms with Crippen molar-refractivity contribution in [3.63, 3.8) is 0 Å². The van der Waals surface area contributed by atoms with Crippen LogP contribution in [0.3, 0.4) is 0 Å². The standard InChI is InChI=1S/C10H20N2O3S/c11-10(1-5-15-6-2-10)9-12-3-7-16(13,14)8-4-12/h1-9,11H2. The Morgan fingerprint density at radius 1 is 1.19 bits per heavy atom. The molecule has 0 aromatic carbocycles. The predicted molar refractivity (Wildman–Crippen MR) is 62.1 cm³/mol. The fourth-order valence-electron chi connectivity index (χ4n) is 2.29. The van der Waals surface area contributed by atoms with Gasteiger partial charge in [0.15, 0.2) is 9.84 Å². The van der Waals surface area contributed by atoms with Crippen molar-refractivity contribution in [3.8, 4) is 0 Å². The summed E-state index contributed by atoms with van der Waals surface area (Å²) in [6, 6.07) is 0. The highest BCUT2D eigenvalue weighted by Gasteiger charge is 2.32. The van der Waals surface area contributed by atoms with Gasteiger partial charge in [-0.3, -0.25) is 4.90 Å². The molecular weight excluding hydrogens is 228 g/mol. The smallest absolute Gasteiger partial charge is 0.152 e. The summed E-state index contributed by atoms with van der Waals surface area (Å²) in [6.07, 6.45) is 1.74. The maximum atomic E-state index is 11.3. The SMILES string of the molecule is NC1(CN2CCS(=O)(=O)CC2)CCOCC1.